The van der Waals surface area contributed by atoms with Gasteiger partial charge in [-0.15, -0.1) is 0 Å². The smallest absolute Gasteiger partial charge is 0.267 e. The van der Waals surface area contributed by atoms with Crippen molar-refractivity contribution in [1.29, 1.82) is 0 Å². The second-order valence-corrected chi connectivity index (χ2v) is 11.4. The molecule has 1 unspecified atom stereocenters. The molecule has 1 aromatic heterocycles. The lowest BCUT2D eigenvalue weighted by Crippen LogP contribution is -2.18. The Morgan fingerprint density at radius 1 is 1.03 bits per heavy atom. The zero-order valence-corrected chi connectivity index (χ0v) is 21.0. The van der Waals surface area contributed by atoms with Gasteiger partial charge in [0.05, 0.1) is 5.69 Å². The molecule has 0 fully saturated rings. The fourth-order valence-electron chi connectivity index (χ4n) is 3.37. The Bertz CT molecular complexity index is 1540. The molecule has 2 N–H and O–H groups in total. The zero-order chi connectivity index (χ0) is 26.8. The van der Waals surface area contributed by atoms with Crippen LogP contribution in [-0.4, -0.2) is 38.2 Å². The molecule has 3 aromatic rings. The van der Waals surface area contributed by atoms with Crippen LogP contribution >= 0.6 is 0 Å². The maximum absolute atomic E-state index is 15.6. The van der Waals surface area contributed by atoms with Gasteiger partial charge in [-0.3, -0.25) is 4.72 Å². The van der Waals surface area contributed by atoms with Gasteiger partial charge in [0.25, 0.3) is 10.0 Å². The van der Waals surface area contributed by atoms with E-state index in [1.54, 1.807) is 13.8 Å². The summed E-state index contributed by atoms with van der Waals surface area (Å²) in [4.78, 5) is 6.24. The molecule has 0 aliphatic heterocycles. The molecule has 3 rings (SSSR count). The summed E-state index contributed by atoms with van der Waals surface area (Å²) in [5.41, 5.74) is -1.04. The highest BCUT2D eigenvalue weighted by atomic mass is 32.2. The molecule has 8 nitrogen and oxygen atoms in total. The highest BCUT2D eigenvalue weighted by Crippen LogP contribution is 2.36. The first kappa shape index (κ1) is 27.1. The molecule has 36 heavy (non-hydrogen) atoms. The van der Waals surface area contributed by atoms with Crippen molar-refractivity contribution in [3.8, 4) is 0 Å². The van der Waals surface area contributed by atoms with Gasteiger partial charge in [-0.05, 0) is 36.6 Å². The Morgan fingerprint density at radius 2 is 1.64 bits per heavy atom. The molecule has 0 saturated carbocycles. The van der Waals surface area contributed by atoms with Crippen LogP contribution in [0.1, 0.15) is 31.5 Å². The van der Waals surface area contributed by atoms with Gasteiger partial charge in [0, 0.05) is 23.6 Å². The number of hydrogen-bond acceptors (Lipinski definition) is 7. The van der Waals surface area contributed by atoms with Crippen molar-refractivity contribution in [2.45, 2.75) is 30.3 Å². The first-order valence-electron chi connectivity index (χ1n) is 10.5. The van der Waals surface area contributed by atoms with Crippen LogP contribution < -0.4 is 4.72 Å². The van der Waals surface area contributed by atoms with Crippen LogP contribution in [0.3, 0.4) is 0 Å². The van der Waals surface area contributed by atoms with E-state index in [1.165, 1.54) is 18.2 Å². The minimum Gasteiger partial charge on any atom is -0.505 e. The summed E-state index contributed by atoms with van der Waals surface area (Å²) in [7, 11) is -8.68. The lowest BCUT2D eigenvalue weighted by Gasteiger charge is -2.19. The fraction of sp³-hybridized carbons (Fsp3) is 0.217. The number of rotatable bonds is 8. The summed E-state index contributed by atoms with van der Waals surface area (Å²) < 4.78 is 94.6. The molecule has 0 aliphatic rings. The molecule has 1 atom stereocenters. The molecule has 13 heteroatoms. The van der Waals surface area contributed by atoms with E-state index < -0.39 is 64.7 Å². The SMILES string of the molecule is CCC(C)/C(=C(\O)c1ccnc(S(C)(=O)=O)n1)c1cccc(NS(=O)(=O)c2c(F)cccc2F)c1F. The predicted octanol–water partition coefficient (Wildman–Crippen LogP) is 4.57. The van der Waals surface area contributed by atoms with Crippen LogP contribution in [0.4, 0.5) is 18.9 Å². The average Bonchev–Trinajstić information content (AvgIpc) is 2.80. The molecule has 0 spiro atoms. The Morgan fingerprint density at radius 3 is 2.22 bits per heavy atom. The second-order valence-electron chi connectivity index (χ2n) is 7.89. The number of sulfone groups is 1. The zero-order valence-electron chi connectivity index (χ0n) is 19.3. The van der Waals surface area contributed by atoms with Gasteiger partial charge < -0.3 is 5.11 Å². The molecule has 0 saturated heterocycles. The van der Waals surface area contributed by atoms with Gasteiger partial charge in [0.2, 0.25) is 15.0 Å². The molecule has 1 heterocycles. The van der Waals surface area contributed by atoms with E-state index in [0.29, 0.717) is 6.42 Å². The van der Waals surface area contributed by atoms with Gasteiger partial charge in [0.1, 0.15) is 23.1 Å². The molecular weight excluding hydrogens is 519 g/mol. The number of nitrogens with zero attached hydrogens (tertiary/aromatic N) is 2. The topological polar surface area (TPSA) is 126 Å². The van der Waals surface area contributed by atoms with E-state index in [4.69, 9.17) is 0 Å². The quantitative estimate of drug-likeness (QED) is 0.316. The summed E-state index contributed by atoms with van der Waals surface area (Å²) in [6.45, 7) is 3.42. The number of aliphatic hydroxyl groups excluding tert-OH is 1. The molecule has 0 bridgehead atoms. The van der Waals surface area contributed by atoms with Gasteiger partial charge in [-0.2, -0.15) is 0 Å². The van der Waals surface area contributed by atoms with Crippen molar-refractivity contribution >= 4 is 36.9 Å². The van der Waals surface area contributed by atoms with Crippen LogP contribution in [0.5, 0.6) is 0 Å². The molecular formula is C23H22F3N3O5S2. The molecule has 0 amide bonds. The maximum Gasteiger partial charge on any atom is 0.267 e. The maximum atomic E-state index is 15.6. The van der Waals surface area contributed by atoms with Crippen LogP contribution in [-0.2, 0) is 19.9 Å². The van der Waals surface area contributed by atoms with Crippen LogP contribution in [0.15, 0.2) is 58.7 Å². The van der Waals surface area contributed by atoms with E-state index in [0.717, 1.165) is 36.7 Å². The Balaban J connectivity index is 2.18. The van der Waals surface area contributed by atoms with Crippen molar-refractivity contribution in [3.63, 3.8) is 0 Å². The average molecular weight is 542 g/mol. The number of anilines is 1. The summed E-state index contributed by atoms with van der Waals surface area (Å²) in [5, 5.41) is 10.5. The number of halogens is 3. The van der Waals surface area contributed by atoms with Gasteiger partial charge in [-0.25, -0.2) is 40.0 Å². The number of hydrogen-bond donors (Lipinski definition) is 2. The third-order valence-electron chi connectivity index (χ3n) is 5.29. The molecule has 0 radical (unpaired) electrons. The van der Waals surface area contributed by atoms with Crippen molar-refractivity contribution in [2.75, 3.05) is 11.0 Å². The highest BCUT2D eigenvalue weighted by Gasteiger charge is 2.27. The third kappa shape index (κ3) is 5.51. The van der Waals surface area contributed by atoms with Crippen LogP contribution in [0.25, 0.3) is 11.3 Å². The Labute approximate surface area is 206 Å². The molecule has 0 aliphatic carbocycles. The largest absolute Gasteiger partial charge is 0.505 e. The summed E-state index contributed by atoms with van der Waals surface area (Å²) in [6, 6.07) is 7.32. The monoisotopic (exact) mass is 541 g/mol. The van der Waals surface area contributed by atoms with E-state index in [-0.39, 0.29) is 16.8 Å². The molecule has 2 aromatic carbocycles. The van der Waals surface area contributed by atoms with Gasteiger partial charge >= 0.3 is 0 Å². The number of aromatic nitrogens is 2. The second kappa shape index (κ2) is 10.3. The van der Waals surface area contributed by atoms with Crippen molar-refractivity contribution in [1.82, 2.24) is 9.97 Å². The fourth-order valence-corrected chi connectivity index (χ4v) is 5.09. The summed E-state index contributed by atoms with van der Waals surface area (Å²) in [6.07, 6.45) is 2.41. The lowest BCUT2D eigenvalue weighted by molar-refractivity contribution is 0.501. The first-order chi connectivity index (χ1) is 16.8. The van der Waals surface area contributed by atoms with Gasteiger partial charge in [-0.1, -0.05) is 32.0 Å². The third-order valence-corrected chi connectivity index (χ3v) is 7.57. The van der Waals surface area contributed by atoms with E-state index in [1.807, 2.05) is 4.72 Å². The standard InChI is InChI=1S/C23H22F3N3O5S2/c1-4-13(2)19(21(30)18-11-12-27-23(28-18)35(3,31)32)14-7-5-10-17(20(14)26)29-36(33,34)22-15(24)8-6-9-16(22)25/h5-13,29-30H,4H2,1-3H3/b21-19+. The normalized spacial score (nSPS) is 13.7. The summed E-state index contributed by atoms with van der Waals surface area (Å²) in [5.74, 6) is -4.90. The summed E-state index contributed by atoms with van der Waals surface area (Å²) >= 11 is 0. The van der Waals surface area contributed by atoms with E-state index >= 15 is 4.39 Å². The Hall–Kier alpha value is -3.45. The van der Waals surface area contributed by atoms with Crippen LogP contribution in [0.2, 0.25) is 0 Å². The first-order valence-corrected chi connectivity index (χ1v) is 13.9. The minimum atomic E-state index is -4.87. The number of benzene rings is 2. The lowest BCUT2D eigenvalue weighted by atomic mass is 9.89. The molecule has 192 valence electrons. The highest BCUT2D eigenvalue weighted by molar-refractivity contribution is 7.92. The van der Waals surface area contributed by atoms with Gasteiger partial charge in [0.15, 0.2) is 10.7 Å². The van der Waals surface area contributed by atoms with Crippen molar-refractivity contribution in [2.24, 2.45) is 5.92 Å². The van der Waals surface area contributed by atoms with E-state index in [9.17, 15) is 30.7 Å². The number of nitrogens with one attached hydrogen (secondary N) is 1. The van der Waals surface area contributed by atoms with Crippen molar-refractivity contribution < 1.29 is 35.1 Å². The number of allylic oxidation sites excluding steroid dienone is 1. The predicted molar refractivity (Wildman–Crippen MR) is 128 cm³/mol. The minimum absolute atomic E-state index is 0.00581. The van der Waals surface area contributed by atoms with Crippen molar-refractivity contribution in [3.05, 3.63) is 77.4 Å². The van der Waals surface area contributed by atoms with Crippen LogP contribution in [0, 0.1) is 23.4 Å². The van der Waals surface area contributed by atoms with E-state index in [2.05, 4.69) is 9.97 Å². The number of aliphatic hydroxyl groups is 1. The number of sulfonamides is 1. The Kier molecular flexibility index (Phi) is 7.74.